The lowest BCUT2D eigenvalue weighted by Crippen LogP contribution is -2.37. The van der Waals surface area contributed by atoms with E-state index in [0.717, 1.165) is 11.8 Å². The van der Waals surface area contributed by atoms with Gasteiger partial charge < -0.3 is 9.47 Å². The van der Waals surface area contributed by atoms with Crippen LogP contribution in [0.3, 0.4) is 0 Å². The van der Waals surface area contributed by atoms with Crippen molar-refractivity contribution in [3.8, 4) is 5.40 Å². The molecule has 1 atom stereocenters. The van der Waals surface area contributed by atoms with Gasteiger partial charge in [-0.1, -0.05) is 6.58 Å². The Morgan fingerprint density at radius 1 is 1.67 bits per heavy atom. The topological polar surface area (TPSA) is 59.3 Å². The summed E-state index contributed by atoms with van der Waals surface area (Å²) in [4.78, 5) is 11.1. The second-order valence-corrected chi connectivity index (χ2v) is 4.15. The van der Waals surface area contributed by atoms with Crippen LogP contribution in [0.25, 0.3) is 0 Å². The first kappa shape index (κ1) is 14.0. The molecule has 0 amide bonds. The predicted molar refractivity (Wildman–Crippen MR) is 59.3 cm³/mol. The summed E-state index contributed by atoms with van der Waals surface area (Å²) in [5.41, 5.74) is -0.285. The number of nitriles is 1. The van der Waals surface area contributed by atoms with Gasteiger partial charge in [-0.05, 0) is 25.6 Å². The molecule has 0 aliphatic heterocycles. The third-order valence-electron chi connectivity index (χ3n) is 1.79. The van der Waals surface area contributed by atoms with Crippen molar-refractivity contribution in [2.75, 3.05) is 19.5 Å². The third kappa shape index (κ3) is 5.45. The number of thioether (sulfide) groups is 1. The molecule has 0 saturated carbocycles. The zero-order chi connectivity index (χ0) is 11.9. The highest BCUT2D eigenvalue weighted by molar-refractivity contribution is 8.03. The molecule has 0 aromatic heterocycles. The van der Waals surface area contributed by atoms with Gasteiger partial charge in [-0.25, -0.2) is 4.79 Å². The van der Waals surface area contributed by atoms with Gasteiger partial charge in [0.2, 0.25) is 0 Å². The maximum absolute atomic E-state index is 11.1. The van der Waals surface area contributed by atoms with Crippen LogP contribution in [0.15, 0.2) is 12.2 Å². The highest BCUT2D eigenvalue weighted by Crippen LogP contribution is 2.17. The number of esters is 1. The molecule has 0 fully saturated rings. The maximum atomic E-state index is 11.1. The van der Waals surface area contributed by atoms with Gasteiger partial charge in [-0.3, -0.25) is 0 Å². The van der Waals surface area contributed by atoms with Crippen molar-refractivity contribution < 1.29 is 14.3 Å². The second-order valence-electron chi connectivity index (χ2n) is 3.39. The van der Waals surface area contributed by atoms with E-state index in [2.05, 4.69) is 6.58 Å². The lowest BCUT2D eigenvalue weighted by Gasteiger charge is -2.25. The van der Waals surface area contributed by atoms with E-state index in [1.807, 2.05) is 5.40 Å². The summed E-state index contributed by atoms with van der Waals surface area (Å²) >= 11 is 1.07. The van der Waals surface area contributed by atoms with E-state index in [0.29, 0.717) is 11.3 Å². The lowest BCUT2D eigenvalue weighted by molar-refractivity contribution is -0.146. The summed E-state index contributed by atoms with van der Waals surface area (Å²) in [6.45, 7) is 6.95. The molecular formula is C10H15NO3S. The van der Waals surface area contributed by atoms with Crippen molar-refractivity contribution in [1.29, 1.82) is 5.26 Å². The quantitative estimate of drug-likeness (QED) is 0.394. The van der Waals surface area contributed by atoms with Crippen molar-refractivity contribution in [3.05, 3.63) is 12.2 Å². The summed E-state index contributed by atoms with van der Waals surface area (Å²) in [5.74, 6) is 0.00366. The van der Waals surface area contributed by atoms with Crippen molar-refractivity contribution >= 4 is 17.7 Å². The van der Waals surface area contributed by atoms with Gasteiger partial charge in [0.25, 0.3) is 0 Å². The number of rotatable bonds is 6. The van der Waals surface area contributed by atoms with E-state index in [-0.39, 0.29) is 6.61 Å². The number of hydrogen-bond donors (Lipinski definition) is 0. The molecule has 1 unspecified atom stereocenters. The average Bonchev–Trinajstić information content (AvgIpc) is 2.22. The molecule has 0 aliphatic rings. The molecule has 84 valence electrons. The van der Waals surface area contributed by atoms with Crippen LogP contribution in [0.5, 0.6) is 0 Å². The monoisotopic (exact) mass is 229 g/mol. The zero-order valence-corrected chi connectivity index (χ0v) is 10.0. The minimum atomic E-state index is -0.633. The Morgan fingerprint density at radius 2 is 2.27 bits per heavy atom. The minimum absolute atomic E-state index is 0.115. The fraction of sp³-hybridized carbons (Fsp3) is 0.600. The van der Waals surface area contributed by atoms with Gasteiger partial charge in [0.15, 0.2) is 0 Å². The SMILES string of the molecule is C=C(C)C(=O)OCC(C)(CSC#N)OC. The predicted octanol–water partition coefficient (Wildman–Crippen LogP) is 1.73. The molecule has 0 bridgehead atoms. The standard InChI is InChI=1S/C10H15NO3S/c1-8(2)9(12)14-5-10(3,13-4)6-15-7-11/h1,5-6H2,2-4H3. The molecule has 0 saturated heterocycles. The summed E-state index contributed by atoms with van der Waals surface area (Å²) in [5, 5.41) is 10.4. The van der Waals surface area contributed by atoms with E-state index in [1.165, 1.54) is 7.11 Å². The van der Waals surface area contributed by atoms with Gasteiger partial charge >= 0.3 is 5.97 Å². The van der Waals surface area contributed by atoms with Crippen LogP contribution in [-0.4, -0.2) is 31.0 Å². The smallest absolute Gasteiger partial charge is 0.333 e. The largest absolute Gasteiger partial charge is 0.459 e. The third-order valence-corrected chi connectivity index (χ3v) is 2.68. The molecular weight excluding hydrogens is 214 g/mol. The van der Waals surface area contributed by atoms with Crippen molar-refractivity contribution in [3.63, 3.8) is 0 Å². The molecule has 5 heteroatoms. The Hall–Kier alpha value is -0.990. The van der Waals surface area contributed by atoms with Gasteiger partial charge in [0.1, 0.15) is 17.6 Å². The van der Waals surface area contributed by atoms with Gasteiger partial charge in [0.05, 0.1) is 0 Å². The van der Waals surface area contributed by atoms with Gasteiger partial charge in [-0.2, -0.15) is 5.26 Å². The zero-order valence-electron chi connectivity index (χ0n) is 9.20. The highest BCUT2D eigenvalue weighted by Gasteiger charge is 2.26. The second kappa shape index (κ2) is 6.49. The molecule has 0 radical (unpaired) electrons. The van der Waals surface area contributed by atoms with Crippen LogP contribution in [0, 0.1) is 10.7 Å². The number of methoxy groups -OCH3 is 1. The van der Waals surface area contributed by atoms with Crippen molar-refractivity contribution in [2.24, 2.45) is 0 Å². The Kier molecular flexibility index (Phi) is 6.06. The summed E-state index contributed by atoms with van der Waals surface area (Å²) < 4.78 is 10.2. The minimum Gasteiger partial charge on any atom is -0.459 e. The molecule has 0 rings (SSSR count). The first-order valence-corrected chi connectivity index (χ1v) is 5.32. The maximum Gasteiger partial charge on any atom is 0.333 e. The number of carbonyl (C=O) groups excluding carboxylic acids is 1. The first-order chi connectivity index (χ1) is 6.95. The number of ether oxygens (including phenoxy) is 2. The van der Waals surface area contributed by atoms with Crippen LogP contribution in [-0.2, 0) is 14.3 Å². The molecule has 0 aromatic rings. The van der Waals surface area contributed by atoms with E-state index in [4.69, 9.17) is 14.7 Å². The van der Waals surface area contributed by atoms with Crippen LogP contribution < -0.4 is 0 Å². The Morgan fingerprint density at radius 3 is 2.67 bits per heavy atom. The number of carbonyl (C=O) groups is 1. The van der Waals surface area contributed by atoms with E-state index in [1.54, 1.807) is 13.8 Å². The molecule has 0 spiro atoms. The van der Waals surface area contributed by atoms with Crippen LogP contribution >= 0.6 is 11.8 Å². The molecule has 15 heavy (non-hydrogen) atoms. The van der Waals surface area contributed by atoms with Gasteiger partial charge in [-0.15, -0.1) is 0 Å². The fourth-order valence-corrected chi connectivity index (χ4v) is 1.26. The molecule has 0 N–H and O–H groups in total. The normalized spacial score (nSPS) is 13.7. The van der Waals surface area contributed by atoms with Crippen LogP contribution in [0.1, 0.15) is 13.8 Å². The Labute approximate surface area is 94.2 Å². The van der Waals surface area contributed by atoms with Crippen molar-refractivity contribution in [1.82, 2.24) is 0 Å². The van der Waals surface area contributed by atoms with E-state index >= 15 is 0 Å². The summed E-state index contributed by atoms with van der Waals surface area (Å²) in [6, 6.07) is 0. The van der Waals surface area contributed by atoms with Crippen LogP contribution in [0.2, 0.25) is 0 Å². The van der Waals surface area contributed by atoms with Crippen LogP contribution in [0.4, 0.5) is 0 Å². The Balaban J connectivity index is 4.15. The van der Waals surface area contributed by atoms with Gasteiger partial charge in [0, 0.05) is 18.4 Å². The van der Waals surface area contributed by atoms with E-state index < -0.39 is 11.6 Å². The number of nitrogens with zero attached hydrogens (tertiary/aromatic N) is 1. The lowest BCUT2D eigenvalue weighted by atomic mass is 10.1. The molecule has 4 nitrogen and oxygen atoms in total. The molecule has 0 heterocycles. The Bertz CT molecular complexity index is 285. The van der Waals surface area contributed by atoms with Crippen molar-refractivity contribution in [2.45, 2.75) is 19.4 Å². The fourth-order valence-electron chi connectivity index (χ4n) is 0.686. The highest BCUT2D eigenvalue weighted by atomic mass is 32.2. The van der Waals surface area contributed by atoms with E-state index in [9.17, 15) is 4.79 Å². The number of hydrogen-bond acceptors (Lipinski definition) is 5. The first-order valence-electron chi connectivity index (χ1n) is 4.34. The number of thiocyanates is 1. The average molecular weight is 229 g/mol. The molecule has 0 aliphatic carbocycles. The summed E-state index contributed by atoms with van der Waals surface area (Å²) in [7, 11) is 1.52. The molecule has 0 aromatic carbocycles. The summed E-state index contributed by atoms with van der Waals surface area (Å²) in [6.07, 6.45) is 0.